The summed E-state index contributed by atoms with van der Waals surface area (Å²) in [5.74, 6) is 0. The van der Waals surface area contributed by atoms with Gasteiger partial charge in [0.15, 0.2) is 0 Å². The van der Waals surface area contributed by atoms with Crippen molar-refractivity contribution >= 4 is 0 Å². The summed E-state index contributed by atoms with van der Waals surface area (Å²) < 4.78 is 0. The second kappa shape index (κ2) is 3.89. The summed E-state index contributed by atoms with van der Waals surface area (Å²) in [6.45, 7) is 0. The predicted molar refractivity (Wildman–Crippen MR) is 39.5 cm³/mol. The summed E-state index contributed by atoms with van der Waals surface area (Å²) in [5, 5.41) is 4.31. The molecule has 1 nitrogen and oxygen atoms in total. The van der Waals surface area contributed by atoms with Gasteiger partial charge in [-0.15, -0.1) is 0 Å². The van der Waals surface area contributed by atoms with Crippen LogP contribution in [0, 0.1) is 0 Å². The molecule has 1 radical (unpaired) electrons. The minimum atomic E-state index is 0.701. The van der Waals surface area contributed by atoms with Crippen molar-refractivity contribution in [2.75, 3.05) is 7.05 Å². The zero-order valence-electron chi connectivity index (χ0n) is 6.27. The van der Waals surface area contributed by atoms with Crippen molar-refractivity contribution in [1.82, 2.24) is 5.32 Å². The first kappa shape index (κ1) is 7.07. The highest BCUT2D eigenvalue weighted by atomic mass is 14.9. The fraction of sp³-hybridized carbons (Fsp3) is 1.00. The summed E-state index contributed by atoms with van der Waals surface area (Å²) in [6.07, 6.45) is 8.37. The Labute approximate surface area is 57.8 Å². The minimum absolute atomic E-state index is 0.701. The van der Waals surface area contributed by atoms with Crippen molar-refractivity contribution < 1.29 is 0 Å². The first-order valence-corrected chi connectivity index (χ1v) is 4.02. The van der Waals surface area contributed by atoms with Gasteiger partial charge in [0, 0.05) is 13.1 Å². The Morgan fingerprint density at radius 3 is 2.00 bits per heavy atom. The van der Waals surface area contributed by atoms with Gasteiger partial charge < -0.3 is 0 Å². The van der Waals surface area contributed by atoms with E-state index in [4.69, 9.17) is 0 Å². The Kier molecular flexibility index (Phi) is 3.05. The van der Waals surface area contributed by atoms with E-state index in [1.54, 1.807) is 0 Å². The topological polar surface area (TPSA) is 14.1 Å². The van der Waals surface area contributed by atoms with Gasteiger partial charge in [-0.25, -0.2) is 5.32 Å². The zero-order chi connectivity index (χ0) is 6.53. The fourth-order valence-corrected chi connectivity index (χ4v) is 1.52. The van der Waals surface area contributed by atoms with Crippen LogP contribution in [0.4, 0.5) is 0 Å². The van der Waals surface area contributed by atoms with E-state index in [1.165, 1.54) is 38.5 Å². The summed E-state index contributed by atoms with van der Waals surface area (Å²) in [6, 6.07) is 0.701. The van der Waals surface area contributed by atoms with E-state index in [0.717, 1.165) is 0 Å². The average molecular weight is 126 g/mol. The monoisotopic (exact) mass is 126 g/mol. The van der Waals surface area contributed by atoms with Gasteiger partial charge in [0.2, 0.25) is 0 Å². The number of rotatable bonds is 1. The van der Waals surface area contributed by atoms with Crippen LogP contribution in [0.5, 0.6) is 0 Å². The highest BCUT2D eigenvalue weighted by Crippen LogP contribution is 2.16. The molecule has 1 aliphatic carbocycles. The van der Waals surface area contributed by atoms with Crippen molar-refractivity contribution in [3.8, 4) is 0 Å². The average Bonchev–Trinajstić information content (AvgIpc) is 2.13. The maximum atomic E-state index is 4.31. The van der Waals surface area contributed by atoms with Gasteiger partial charge in [0.05, 0.1) is 0 Å². The molecule has 0 unspecified atom stereocenters. The van der Waals surface area contributed by atoms with Gasteiger partial charge in [-0.05, 0) is 12.8 Å². The van der Waals surface area contributed by atoms with E-state index in [0.29, 0.717) is 6.04 Å². The lowest BCUT2D eigenvalue weighted by atomic mass is 10.1. The summed E-state index contributed by atoms with van der Waals surface area (Å²) in [4.78, 5) is 0. The number of nitrogens with zero attached hydrogens (tertiary/aromatic N) is 1. The van der Waals surface area contributed by atoms with Crippen LogP contribution in [0.1, 0.15) is 38.5 Å². The molecule has 0 aromatic rings. The van der Waals surface area contributed by atoms with Crippen LogP contribution >= 0.6 is 0 Å². The molecule has 1 fully saturated rings. The third-order valence-electron chi connectivity index (χ3n) is 2.19. The largest absolute Gasteiger partial charge is 0.242 e. The van der Waals surface area contributed by atoms with E-state index in [9.17, 15) is 0 Å². The molecule has 0 aliphatic heterocycles. The summed E-state index contributed by atoms with van der Waals surface area (Å²) in [5.41, 5.74) is 0. The molecule has 53 valence electrons. The van der Waals surface area contributed by atoms with E-state index in [-0.39, 0.29) is 0 Å². The molecule has 1 heteroatoms. The van der Waals surface area contributed by atoms with Gasteiger partial charge >= 0.3 is 0 Å². The molecule has 0 atom stereocenters. The summed E-state index contributed by atoms with van der Waals surface area (Å²) in [7, 11) is 1.95. The van der Waals surface area contributed by atoms with Crippen molar-refractivity contribution in [1.29, 1.82) is 0 Å². The van der Waals surface area contributed by atoms with Crippen LogP contribution in [0.3, 0.4) is 0 Å². The molecular formula is C8H16N. The molecule has 0 spiro atoms. The second-order valence-corrected chi connectivity index (χ2v) is 2.90. The van der Waals surface area contributed by atoms with E-state index >= 15 is 0 Å². The van der Waals surface area contributed by atoms with Crippen molar-refractivity contribution in [2.24, 2.45) is 0 Å². The highest BCUT2D eigenvalue weighted by molar-refractivity contribution is 4.67. The first-order valence-electron chi connectivity index (χ1n) is 4.02. The quantitative estimate of drug-likeness (QED) is 0.477. The van der Waals surface area contributed by atoms with Gasteiger partial charge in [0.25, 0.3) is 0 Å². The first-order chi connectivity index (χ1) is 4.43. The molecule has 0 N–H and O–H groups in total. The maximum Gasteiger partial charge on any atom is 0.0242 e. The predicted octanol–water partition coefficient (Wildman–Crippen LogP) is 1.94. The third kappa shape index (κ3) is 2.35. The normalized spacial score (nSPS) is 23.7. The molecule has 0 saturated heterocycles. The lowest BCUT2D eigenvalue weighted by Crippen LogP contribution is -2.16. The van der Waals surface area contributed by atoms with Crippen LogP contribution in [0.15, 0.2) is 0 Å². The molecule has 0 bridgehead atoms. The second-order valence-electron chi connectivity index (χ2n) is 2.90. The van der Waals surface area contributed by atoms with E-state index in [2.05, 4.69) is 5.32 Å². The standard InChI is InChI=1S/C8H16N/c1-9-8-6-4-2-3-5-7-8/h8H,2-7H2,1H3. The van der Waals surface area contributed by atoms with E-state index < -0.39 is 0 Å². The molecule has 0 aromatic carbocycles. The number of hydrogen-bond donors (Lipinski definition) is 0. The molecule has 9 heavy (non-hydrogen) atoms. The Morgan fingerprint density at radius 2 is 1.56 bits per heavy atom. The lowest BCUT2D eigenvalue weighted by molar-refractivity contribution is 0.491. The third-order valence-corrected chi connectivity index (χ3v) is 2.19. The van der Waals surface area contributed by atoms with Gasteiger partial charge in [0.1, 0.15) is 0 Å². The van der Waals surface area contributed by atoms with Crippen molar-refractivity contribution in [2.45, 2.75) is 44.6 Å². The van der Waals surface area contributed by atoms with Crippen LogP contribution < -0.4 is 5.32 Å². The van der Waals surface area contributed by atoms with Crippen LogP contribution in [-0.2, 0) is 0 Å². The van der Waals surface area contributed by atoms with Gasteiger partial charge in [-0.2, -0.15) is 0 Å². The van der Waals surface area contributed by atoms with Crippen molar-refractivity contribution in [3.63, 3.8) is 0 Å². The van der Waals surface area contributed by atoms with Crippen LogP contribution in [-0.4, -0.2) is 13.1 Å². The molecule has 0 amide bonds. The summed E-state index contributed by atoms with van der Waals surface area (Å²) >= 11 is 0. The Hall–Kier alpha value is -0.0400. The maximum absolute atomic E-state index is 4.31. The molecule has 1 rings (SSSR count). The molecular weight excluding hydrogens is 110 g/mol. The minimum Gasteiger partial charge on any atom is -0.242 e. The lowest BCUT2D eigenvalue weighted by Gasteiger charge is -2.08. The number of hydrogen-bond acceptors (Lipinski definition) is 0. The fourth-order valence-electron chi connectivity index (χ4n) is 1.52. The molecule has 0 heterocycles. The smallest absolute Gasteiger partial charge is 0.0242 e. The molecule has 1 saturated carbocycles. The Morgan fingerprint density at radius 1 is 1.00 bits per heavy atom. The zero-order valence-corrected chi connectivity index (χ0v) is 6.27. The van der Waals surface area contributed by atoms with Gasteiger partial charge in [-0.1, -0.05) is 25.7 Å². The highest BCUT2D eigenvalue weighted by Gasteiger charge is 2.09. The Balaban J connectivity index is 2.18. The van der Waals surface area contributed by atoms with E-state index in [1.807, 2.05) is 7.05 Å². The van der Waals surface area contributed by atoms with Crippen molar-refractivity contribution in [3.05, 3.63) is 0 Å². The Bertz CT molecular complexity index is 63.0. The molecule has 0 aromatic heterocycles. The van der Waals surface area contributed by atoms with Crippen LogP contribution in [0.2, 0.25) is 0 Å². The van der Waals surface area contributed by atoms with Gasteiger partial charge in [-0.3, -0.25) is 0 Å². The SMILES string of the molecule is C[N]C1CCCCCC1. The molecule has 1 aliphatic rings. The van der Waals surface area contributed by atoms with Crippen LogP contribution in [0.25, 0.3) is 0 Å².